The maximum atomic E-state index is 11.6. The highest BCUT2D eigenvalue weighted by atomic mass is 35.5. The van der Waals surface area contributed by atoms with Crippen molar-refractivity contribution in [3.8, 4) is 0 Å². The van der Waals surface area contributed by atoms with E-state index in [-0.39, 0.29) is 0 Å². The Bertz CT molecular complexity index is 668. The van der Waals surface area contributed by atoms with Gasteiger partial charge < -0.3 is 10.2 Å². The molecule has 2 saturated heterocycles. The van der Waals surface area contributed by atoms with E-state index in [4.69, 9.17) is 11.8 Å². The van der Waals surface area contributed by atoms with E-state index in [9.17, 15) is 9.59 Å². The number of rotatable bonds is 2. The Morgan fingerprint density at radius 3 is 2.81 bits per heavy atom. The van der Waals surface area contributed by atoms with E-state index in [1.54, 1.807) is 0 Å². The van der Waals surface area contributed by atoms with E-state index >= 15 is 0 Å². The van der Waals surface area contributed by atoms with Crippen LogP contribution in [0.2, 0.25) is 0 Å². The van der Waals surface area contributed by atoms with Crippen LogP contribution in [-0.2, 0) is 6.54 Å². The quantitative estimate of drug-likeness (QED) is 0.859. The maximum Gasteiger partial charge on any atom is 0.343 e. The third-order valence-corrected chi connectivity index (χ3v) is 4.45. The van der Waals surface area contributed by atoms with Gasteiger partial charge >= 0.3 is 5.69 Å². The Morgan fingerprint density at radius 2 is 2.05 bits per heavy atom. The molecule has 0 aliphatic carbocycles. The van der Waals surface area contributed by atoms with Crippen LogP contribution in [0.3, 0.4) is 0 Å². The highest BCUT2D eigenvalue weighted by Crippen LogP contribution is 2.28. The zero-order chi connectivity index (χ0) is 14.8. The summed E-state index contributed by atoms with van der Waals surface area (Å²) < 4.78 is 0.996. The van der Waals surface area contributed by atoms with E-state index < -0.39 is 11.2 Å². The van der Waals surface area contributed by atoms with Crippen molar-refractivity contribution >= 4 is 11.8 Å². The first-order valence-electron chi connectivity index (χ1n) is 7.37. The average molecular weight is 311 g/mol. The molecule has 1 aromatic rings. The molecule has 0 saturated carbocycles. The summed E-state index contributed by atoms with van der Waals surface area (Å²) in [5.41, 5.74) is 2.16. The molecule has 2 fully saturated rings. The van der Waals surface area contributed by atoms with E-state index in [0.717, 1.165) is 36.4 Å². The van der Waals surface area contributed by atoms with Gasteiger partial charge in [-0.15, -0.1) is 0 Å². The Labute approximate surface area is 127 Å². The minimum Gasteiger partial charge on any atom is -0.387 e. The summed E-state index contributed by atoms with van der Waals surface area (Å²) in [4.78, 5) is 27.4. The maximum absolute atomic E-state index is 11.6. The van der Waals surface area contributed by atoms with Gasteiger partial charge in [0, 0.05) is 42.3 Å². The number of halogens is 1. The van der Waals surface area contributed by atoms with Crippen LogP contribution in [0.1, 0.15) is 37.8 Å². The van der Waals surface area contributed by atoms with Crippen LogP contribution in [0.5, 0.6) is 0 Å². The molecule has 114 valence electrons. The molecule has 7 heteroatoms. The topological polar surface area (TPSA) is 70.1 Å². The summed E-state index contributed by atoms with van der Waals surface area (Å²) in [6.07, 6.45) is 5.64. The number of hydrogen-bond donors (Lipinski definition) is 2. The SMILES string of the molecule is O=c1cc(CN2CCC/C2=C2/CCCCN2)n(Cl)c(=O)[nH]1. The summed E-state index contributed by atoms with van der Waals surface area (Å²) in [5, 5.41) is 3.48. The standard InChI is InChI=1S/C14H19ClN4O2/c15-19-10(8-13(20)17-14(19)21)9-18-7-3-5-12(18)11-4-1-2-6-16-11/h8,16H,1-7,9H2,(H,17,20,21)/b12-11+. The summed E-state index contributed by atoms with van der Waals surface area (Å²) in [6, 6.07) is 1.39. The van der Waals surface area contributed by atoms with Crippen molar-refractivity contribution in [2.24, 2.45) is 0 Å². The zero-order valence-corrected chi connectivity index (χ0v) is 12.6. The molecule has 2 aliphatic rings. The van der Waals surface area contributed by atoms with Crippen molar-refractivity contribution in [2.75, 3.05) is 13.1 Å². The lowest BCUT2D eigenvalue weighted by atomic mass is 10.1. The molecule has 2 aliphatic heterocycles. The summed E-state index contributed by atoms with van der Waals surface area (Å²) in [6.45, 7) is 2.44. The number of piperidine rings is 1. The van der Waals surface area contributed by atoms with Gasteiger partial charge in [0.05, 0.1) is 12.2 Å². The molecule has 0 atom stereocenters. The van der Waals surface area contributed by atoms with Gasteiger partial charge in [0.25, 0.3) is 5.56 Å². The molecule has 3 rings (SSSR count). The highest BCUT2D eigenvalue weighted by molar-refractivity contribution is 6.15. The van der Waals surface area contributed by atoms with Crippen molar-refractivity contribution < 1.29 is 0 Å². The van der Waals surface area contributed by atoms with Gasteiger partial charge in [0.1, 0.15) is 0 Å². The molecule has 1 aromatic heterocycles. The zero-order valence-electron chi connectivity index (χ0n) is 11.8. The van der Waals surface area contributed by atoms with Gasteiger partial charge in [-0.05, 0) is 32.1 Å². The Kier molecular flexibility index (Phi) is 4.05. The van der Waals surface area contributed by atoms with E-state index in [1.807, 2.05) is 0 Å². The predicted octanol–water partition coefficient (Wildman–Crippen LogP) is 1.12. The molecule has 6 nitrogen and oxygen atoms in total. The second kappa shape index (κ2) is 5.97. The van der Waals surface area contributed by atoms with Crippen LogP contribution in [0.4, 0.5) is 0 Å². The van der Waals surface area contributed by atoms with Crippen LogP contribution in [0.15, 0.2) is 27.0 Å². The fourth-order valence-electron chi connectivity index (χ4n) is 3.08. The van der Waals surface area contributed by atoms with E-state index in [2.05, 4.69) is 15.2 Å². The van der Waals surface area contributed by atoms with Crippen LogP contribution in [0, 0.1) is 0 Å². The van der Waals surface area contributed by atoms with Crippen molar-refractivity contribution in [1.29, 1.82) is 0 Å². The van der Waals surface area contributed by atoms with Crippen molar-refractivity contribution in [3.05, 3.63) is 44.0 Å². The third-order valence-electron chi connectivity index (χ3n) is 4.07. The monoisotopic (exact) mass is 310 g/mol. The number of aromatic nitrogens is 2. The molecule has 2 N–H and O–H groups in total. The lowest BCUT2D eigenvalue weighted by Gasteiger charge is -2.26. The minimum atomic E-state index is -0.580. The number of nitrogens with zero attached hydrogens (tertiary/aromatic N) is 2. The number of likely N-dealkylation sites (tertiary alicyclic amines) is 1. The lowest BCUT2D eigenvalue weighted by molar-refractivity contribution is 0.366. The predicted molar refractivity (Wildman–Crippen MR) is 81.1 cm³/mol. The fourth-order valence-corrected chi connectivity index (χ4v) is 3.22. The molecule has 0 unspecified atom stereocenters. The second-order valence-corrected chi connectivity index (χ2v) is 5.88. The first-order chi connectivity index (χ1) is 10.1. The molecule has 21 heavy (non-hydrogen) atoms. The van der Waals surface area contributed by atoms with Gasteiger partial charge in [0.2, 0.25) is 0 Å². The van der Waals surface area contributed by atoms with E-state index in [0.29, 0.717) is 12.2 Å². The summed E-state index contributed by atoms with van der Waals surface area (Å²) >= 11 is 5.95. The summed E-state index contributed by atoms with van der Waals surface area (Å²) in [7, 11) is 0. The Balaban J connectivity index is 1.87. The highest BCUT2D eigenvalue weighted by Gasteiger charge is 2.23. The van der Waals surface area contributed by atoms with Crippen LogP contribution < -0.4 is 16.6 Å². The lowest BCUT2D eigenvalue weighted by Crippen LogP contribution is -2.32. The molecule has 3 heterocycles. The molecular weight excluding hydrogens is 292 g/mol. The first kappa shape index (κ1) is 14.3. The third kappa shape index (κ3) is 3.00. The number of aromatic amines is 1. The Hall–Kier alpha value is -1.69. The number of H-pyrrole nitrogens is 1. The molecule has 0 radical (unpaired) electrons. The smallest absolute Gasteiger partial charge is 0.343 e. The van der Waals surface area contributed by atoms with E-state index in [1.165, 1.54) is 30.3 Å². The first-order valence-corrected chi connectivity index (χ1v) is 7.71. The largest absolute Gasteiger partial charge is 0.387 e. The summed E-state index contributed by atoms with van der Waals surface area (Å²) in [5.74, 6) is 0. The van der Waals surface area contributed by atoms with Crippen LogP contribution >= 0.6 is 11.8 Å². The number of nitrogens with one attached hydrogen (secondary N) is 2. The van der Waals surface area contributed by atoms with Crippen molar-refractivity contribution in [1.82, 2.24) is 19.3 Å². The molecule has 0 bridgehead atoms. The van der Waals surface area contributed by atoms with Crippen LogP contribution in [-0.4, -0.2) is 27.1 Å². The minimum absolute atomic E-state index is 0.406. The van der Waals surface area contributed by atoms with Gasteiger partial charge in [-0.25, -0.2) is 8.88 Å². The molecule has 0 aromatic carbocycles. The van der Waals surface area contributed by atoms with Gasteiger partial charge in [0.15, 0.2) is 0 Å². The normalized spacial score (nSPS) is 22.4. The molecule has 0 spiro atoms. The molecule has 0 amide bonds. The van der Waals surface area contributed by atoms with Gasteiger partial charge in [-0.3, -0.25) is 9.78 Å². The van der Waals surface area contributed by atoms with Gasteiger partial charge in [-0.2, -0.15) is 0 Å². The van der Waals surface area contributed by atoms with Gasteiger partial charge in [-0.1, -0.05) is 0 Å². The van der Waals surface area contributed by atoms with Crippen molar-refractivity contribution in [2.45, 2.75) is 38.6 Å². The van der Waals surface area contributed by atoms with Crippen molar-refractivity contribution in [3.63, 3.8) is 0 Å². The number of allylic oxidation sites excluding steroid dienone is 2. The number of hydrogen-bond acceptors (Lipinski definition) is 4. The van der Waals surface area contributed by atoms with Crippen LogP contribution in [0.25, 0.3) is 0 Å². The second-order valence-electron chi connectivity index (χ2n) is 5.55. The average Bonchev–Trinajstić information content (AvgIpc) is 2.93. The fraction of sp³-hybridized carbons (Fsp3) is 0.571. The Morgan fingerprint density at radius 1 is 1.19 bits per heavy atom. The molecular formula is C14H19ClN4O2.